The molecule has 192 valence electrons. The molecule has 0 aromatic carbocycles. The predicted octanol–water partition coefficient (Wildman–Crippen LogP) is 5.63. The topological polar surface area (TPSA) is 142 Å². The molecule has 11 heteroatoms. The highest BCUT2D eigenvalue weighted by Crippen LogP contribution is 2.35. The molecular weight excluding hydrogens is 512 g/mol. The van der Waals surface area contributed by atoms with E-state index < -0.39 is 0 Å². The molecule has 1 aliphatic rings. The SMILES string of the molecule is CC(=O)c1ccc(-c2ccnc3nc(-c4n[nH]c5cnc(-c6cncc(NC(=O)C7CCC7)c6)cc45)[nH]c23)s1. The number of ketones is 1. The summed E-state index contributed by atoms with van der Waals surface area (Å²) in [5.41, 5.74) is 5.77. The number of thiophene rings is 1. The number of nitrogens with one attached hydrogen (secondary N) is 3. The summed E-state index contributed by atoms with van der Waals surface area (Å²) < 4.78 is 0. The Morgan fingerprint density at radius 1 is 1.08 bits per heavy atom. The molecular formula is C28H22N8O2S. The first-order valence-corrected chi connectivity index (χ1v) is 13.4. The quantitative estimate of drug-likeness (QED) is 0.235. The van der Waals surface area contributed by atoms with Gasteiger partial charge in [0, 0.05) is 39.7 Å². The van der Waals surface area contributed by atoms with E-state index in [1.54, 1.807) is 31.7 Å². The second kappa shape index (κ2) is 9.21. The van der Waals surface area contributed by atoms with Crippen molar-refractivity contribution in [3.8, 4) is 33.2 Å². The maximum absolute atomic E-state index is 12.4. The molecule has 0 spiro atoms. The van der Waals surface area contributed by atoms with Crippen LogP contribution in [-0.2, 0) is 4.79 Å². The molecule has 6 aromatic heterocycles. The fourth-order valence-electron chi connectivity index (χ4n) is 4.72. The van der Waals surface area contributed by atoms with Crippen LogP contribution in [0.4, 0.5) is 5.69 Å². The number of Topliss-reactive ketones (excluding diaryl/α,β-unsaturated/α-hetero) is 1. The maximum Gasteiger partial charge on any atom is 0.227 e. The lowest BCUT2D eigenvalue weighted by molar-refractivity contribution is -0.122. The van der Waals surface area contributed by atoms with E-state index in [9.17, 15) is 9.59 Å². The highest BCUT2D eigenvalue weighted by molar-refractivity contribution is 7.17. The molecule has 0 atom stereocenters. The van der Waals surface area contributed by atoms with Crippen LogP contribution in [0.15, 0.2) is 55.1 Å². The second-order valence-electron chi connectivity index (χ2n) is 9.63. The van der Waals surface area contributed by atoms with Gasteiger partial charge in [0.1, 0.15) is 5.69 Å². The normalized spacial score (nSPS) is 13.6. The summed E-state index contributed by atoms with van der Waals surface area (Å²) in [6.45, 7) is 1.57. The van der Waals surface area contributed by atoms with Crippen LogP contribution in [-0.4, -0.2) is 46.8 Å². The van der Waals surface area contributed by atoms with Crippen LogP contribution < -0.4 is 5.32 Å². The van der Waals surface area contributed by atoms with Gasteiger partial charge in [-0.25, -0.2) is 9.97 Å². The molecule has 7 rings (SSSR count). The molecule has 0 unspecified atom stereocenters. The minimum absolute atomic E-state index is 0.0377. The Balaban J connectivity index is 1.25. The lowest BCUT2D eigenvalue weighted by Crippen LogP contribution is -2.28. The summed E-state index contributed by atoms with van der Waals surface area (Å²) in [6.07, 6.45) is 9.78. The number of nitrogens with zero attached hydrogens (tertiary/aromatic N) is 5. The van der Waals surface area contributed by atoms with Gasteiger partial charge in [-0.1, -0.05) is 6.42 Å². The van der Waals surface area contributed by atoms with E-state index in [0.29, 0.717) is 33.4 Å². The number of aromatic amines is 2. The third-order valence-corrected chi connectivity index (χ3v) is 8.28. The lowest BCUT2D eigenvalue weighted by Gasteiger charge is -2.24. The van der Waals surface area contributed by atoms with Crippen LogP contribution in [0.2, 0.25) is 0 Å². The Morgan fingerprint density at radius 2 is 1.97 bits per heavy atom. The Kier molecular flexibility index (Phi) is 5.51. The van der Waals surface area contributed by atoms with Crippen LogP contribution >= 0.6 is 11.3 Å². The lowest BCUT2D eigenvalue weighted by atomic mass is 9.85. The van der Waals surface area contributed by atoms with Crippen LogP contribution in [0.5, 0.6) is 0 Å². The number of imidazole rings is 1. The molecule has 0 aliphatic heterocycles. The standard InChI is InChI=1S/C28H22N8O2S/c1-14(37)22-5-6-23(39-22)18-7-8-30-26-24(18)33-27(34-26)25-19-10-20(31-13-21(19)35-36-25)16-9-17(12-29-11-16)32-28(38)15-3-2-4-15/h5-13,15H,2-4H2,1H3,(H,32,38)(H,35,36)(H,30,33,34). The number of amides is 1. The number of H-pyrrole nitrogens is 2. The van der Waals surface area contributed by atoms with Gasteiger partial charge in [-0.15, -0.1) is 11.3 Å². The second-order valence-corrected chi connectivity index (χ2v) is 10.7. The highest BCUT2D eigenvalue weighted by Gasteiger charge is 2.25. The average molecular weight is 535 g/mol. The summed E-state index contributed by atoms with van der Waals surface area (Å²) in [5, 5.41) is 11.4. The van der Waals surface area contributed by atoms with Crippen LogP contribution in [0.1, 0.15) is 35.9 Å². The molecule has 6 heterocycles. The first-order chi connectivity index (χ1) is 19.0. The fourth-order valence-corrected chi connectivity index (χ4v) is 5.65. The van der Waals surface area contributed by atoms with Crippen LogP contribution in [0.25, 0.3) is 55.3 Å². The van der Waals surface area contributed by atoms with E-state index in [-0.39, 0.29) is 17.6 Å². The summed E-state index contributed by atoms with van der Waals surface area (Å²) in [4.78, 5) is 47.3. The Morgan fingerprint density at radius 3 is 2.77 bits per heavy atom. The number of anilines is 1. The largest absolute Gasteiger partial charge is 0.335 e. The third kappa shape index (κ3) is 4.16. The van der Waals surface area contributed by atoms with Crippen molar-refractivity contribution in [1.82, 2.24) is 35.1 Å². The number of hydrogen-bond acceptors (Lipinski definition) is 8. The average Bonchev–Trinajstić information content (AvgIpc) is 3.65. The van der Waals surface area contributed by atoms with Crippen molar-refractivity contribution in [2.45, 2.75) is 26.2 Å². The summed E-state index contributed by atoms with van der Waals surface area (Å²) in [5.74, 6) is 0.733. The van der Waals surface area contributed by atoms with E-state index in [1.807, 2.05) is 30.3 Å². The van der Waals surface area contributed by atoms with Crippen molar-refractivity contribution in [1.29, 1.82) is 0 Å². The molecule has 3 N–H and O–H groups in total. The minimum atomic E-state index is 0.0377. The predicted molar refractivity (Wildman–Crippen MR) is 149 cm³/mol. The van der Waals surface area contributed by atoms with E-state index in [1.165, 1.54) is 11.3 Å². The molecule has 0 radical (unpaired) electrons. The van der Waals surface area contributed by atoms with Crippen molar-refractivity contribution in [3.05, 3.63) is 60.0 Å². The number of aromatic nitrogens is 7. The van der Waals surface area contributed by atoms with Crippen LogP contribution in [0, 0.1) is 5.92 Å². The van der Waals surface area contributed by atoms with Crippen LogP contribution in [0.3, 0.4) is 0 Å². The summed E-state index contributed by atoms with van der Waals surface area (Å²) in [6, 6.07) is 9.50. The summed E-state index contributed by atoms with van der Waals surface area (Å²) in [7, 11) is 0. The van der Waals surface area contributed by atoms with E-state index in [0.717, 1.165) is 51.7 Å². The first kappa shape index (κ1) is 23.4. The van der Waals surface area contributed by atoms with Gasteiger partial charge in [0.05, 0.1) is 39.7 Å². The zero-order valence-electron chi connectivity index (χ0n) is 20.9. The number of carbonyl (C=O) groups is 2. The van der Waals surface area contributed by atoms with Gasteiger partial charge in [-0.3, -0.25) is 24.7 Å². The molecule has 0 bridgehead atoms. The van der Waals surface area contributed by atoms with Crippen molar-refractivity contribution < 1.29 is 9.59 Å². The van der Waals surface area contributed by atoms with Crippen molar-refractivity contribution in [3.63, 3.8) is 0 Å². The number of carbonyl (C=O) groups excluding carboxylic acids is 2. The number of fused-ring (bicyclic) bond motifs is 2. The molecule has 39 heavy (non-hydrogen) atoms. The number of pyridine rings is 3. The summed E-state index contributed by atoms with van der Waals surface area (Å²) >= 11 is 1.44. The van der Waals surface area contributed by atoms with Gasteiger partial charge in [-0.05, 0) is 50.1 Å². The van der Waals surface area contributed by atoms with Crippen molar-refractivity contribution >= 4 is 50.8 Å². The van der Waals surface area contributed by atoms with Gasteiger partial charge >= 0.3 is 0 Å². The van der Waals surface area contributed by atoms with E-state index >= 15 is 0 Å². The number of hydrogen-bond donors (Lipinski definition) is 3. The molecule has 0 saturated heterocycles. The smallest absolute Gasteiger partial charge is 0.227 e. The van der Waals surface area contributed by atoms with E-state index in [2.05, 4.69) is 35.5 Å². The third-order valence-electron chi connectivity index (χ3n) is 7.06. The molecule has 1 fully saturated rings. The Bertz CT molecular complexity index is 1900. The van der Waals surface area contributed by atoms with Gasteiger partial charge in [0.15, 0.2) is 17.3 Å². The highest BCUT2D eigenvalue weighted by atomic mass is 32.1. The minimum Gasteiger partial charge on any atom is -0.335 e. The molecule has 1 amide bonds. The molecule has 1 saturated carbocycles. The Labute approximate surface area is 226 Å². The zero-order chi connectivity index (χ0) is 26.5. The number of rotatable bonds is 6. The monoisotopic (exact) mass is 534 g/mol. The zero-order valence-corrected chi connectivity index (χ0v) is 21.7. The molecule has 6 aromatic rings. The van der Waals surface area contributed by atoms with Gasteiger partial charge < -0.3 is 10.3 Å². The van der Waals surface area contributed by atoms with Gasteiger partial charge in [-0.2, -0.15) is 5.10 Å². The molecule has 10 nitrogen and oxygen atoms in total. The molecule has 1 aliphatic carbocycles. The van der Waals surface area contributed by atoms with Crippen molar-refractivity contribution in [2.24, 2.45) is 5.92 Å². The van der Waals surface area contributed by atoms with Gasteiger partial charge in [0.25, 0.3) is 0 Å². The Hall–Kier alpha value is -4.77. The van der Waals surface area contributed by atoms with Crippen molar-refractivity contribution in [2.75, 3.05) is 5.32 Å². The fraction of sp³-hybridized carbons (Fsp3) is 0.179. The maximum atomic E-state index is 12.4. The van der Waals surface area contributed by atoms with E-state index in [4.69, 9.17) is 4.98 Å². The van der Waals surface area contributed by atoms with Gasteiger partial charge in [0.2, 0.25) is 5.91 Å². The first-order valence-electron chi connectivity index (χ1n) is 12.6.